The summed E-state index contributed by atoms with van der Waals surface area (Å²) in [5, 5.41) is 16.1. The van der Waals surface area contributed by atoms with E-state index in [0.29, 0.717) is 6.42 Å². The molecule has 98 valence electrons. The lowest BCUT2D eigenvalue weighted by Crippen LogP contribution is -1.90. The molecular formula is C19H12N2. The molecule has 21 heavy (non-hydrogen) atoms. The van der Waals surface area contributed by atoms with Crippen molar-refractivity contribution >= 4 is 32.3 Å². The quantitative estimate of drug-likeness (QED) is 0.473. The van der Waals surface area contributed by atoms with Crippen LogP contribution in [0, 0.1) is 11.3 Å². The van der Waals surface area contributed by atoms with E-state index in [1.807, 2.05) is 12.3 Å². The summed E-state index contributed by atoms with van der Waals surface area (Å²) >= 11 is 0. The van der Waals surface area contributed by atoms with Gasteiger partial charge in [-0.25, -0.2) is 0 Å². The number of aromatic nitrogens is 1. The number of nitrogens with zero attached hydrogens (tertiary/aromatic N) is 2. The summed E-state index contributed by atoms with van der Waals surface area (Å²) in [6.45, 7) is 0. The van der Waals surface area contributed by atoms with E-state index in [1.165, 1.54) is 26.9 Å². The summed E-state index contributed by atoms with van der Waals surface area (Å²) in [6.07, 6.45) is 2.24. The second-order valence-electron chi connectivity index (χ2n) is 5.15. The fourth-order valence-electron chi connectivity index (χ4n) is 3.02. The molecule has 2 heteroatoms. The minimum atomic E-state index is 0.344. The number of pyridine rings is 1. The molecule has 0 fully saturated rings. The minimum Gasteiger partial charge on any atom is -0.260 e. The Kier molecular flexibility index (Phi) is 2.58. The Bertz CT molecular complexity index is 991. The van der Waals surface area contributed by atoms with Crippen LogP contribution in [0.2, 0.25) is 0 Å². The molecule has 0 aliphatic rings. The number of hydrogen-bond donors (Lipinski definition) is 0. The van der Waals surface area contributed by atoms with E-state index in [2.05, 4.69) is 59.6 Å². The summed E-state index contributed by atoms with van der Waals surface area (Å²) in [4.78, 5) is 4.43. The molecule has 0 saturated carbocycles. The van der Waals surface area contributed by atoms with Crippen LogP contribution in [-0.4, -0.2) is 4.98 Å². The standard InChI is InChI=1S/C19H12N2/c20-10-9-13-11-18-16-7-3-1-5-14(16)15-6-2-4-8-17(15)19(18)12-21-13/h1-8,11-12H,9H2. The second-order valence-corrected chi connectivity index (χ2v) is 5.15. The van der Waals surface area contributed by atoms with Crippen molar-refractivity contribution in [3.63, 3.8) is 0 Å². The smallest absolute Gasteiger partial charge is 0.0774 e. The van der Waals surface area contributed by atoms with Gasteiger partial charge in [0.05, 0.1) is 18.2 Å². The molecule has 0 radical (unpaired) electrons. The summed E-state index contributed by atoms with van der Waals surface area (Å²) in [5.74, 6) is 0. The van der Waals surface area contributed by atoms with Crippen molar-refractivity contribution in [2.24, 2.45) is 0 Å². The number of benzene rings is 3. The van der Waals surface area contributed by atoms with Crippen molar-refractivity contribution in [1.29, 1.82) is 5.26 Å². The maximum atomic E-state index is 8.89. The van der Waals surface area contributed by atoms with E-state index in [4.69, 9.17) is 5.26 Å². The number of fused-ring (bicyclic) bond motifs is 6. The lowest BCUT2D eigenvalue weighted by atomic mass is 9.95. The second kappa shape index (κ2) is 4.57. The summed E-state index contributed by atoms with van der Waals surface area (Å²) in [6, 6.07) is 21.0. The van der Waals surface area contributed by atoms with Crippen LogP contribution in [0.5, 0.6) is 0 Å². The van der Waals surface area contributed by atoms with E-state index in [9.17, 15) is 0 Å². The van der Waals surface area contributed by atoms with E-state index in [-0.39, 0.29) is 0 Å². The van der Waals surface area contributed by atoms with Gasteiger partial charge in [0.1, 0.15) is 0 Å². The zero-order chi connectivity index (χ0) is 14.2. The molecule has 0 atom stereocenters. The highest BCUT2D eigenvalue weighted by Gasteiger charge is 2.08. The van der Waals surface area contributed by atoms with Gasteiger partial charge in [0, 0.05) is 11.6 Å². The molecule has 0 unspecified atom stereocenters. The Morgan fingerprint density at radius 3 is 1.86 bits per heavy atom. The van der Waals surface area contributed by atoms with Gasteiger partial charge in [0.15, 0.2) is 0 Å². The highest BCUT2D eigenvalue weighted by molar-refractivity contribution is 6.25. The molecule has 0 N–H and O–H groups in total. The third kappa shape index (κ3) is 1.75. The van der Waals surface area contributed by atoms with Crippen LogP contribution in [-0.2, 0) is 6.42 Å². The van der Waals surface area contributed by atoms with Gasteiger partial charge in [0.2, 0.25) is 0 Å². The first-order chi connectivity index (χ1) is 10.4. The van der Waals surface area contributed by atoms with Crippen molar-refractivity contribution in [3.05, 3.63) is 66.5 Å². The maximum absolute atomic E-state index is 8.89. The predicted molar refractivity (Wildman–Crippen MR) is 86.1 cm³/mol. The molecule has 0 saturated heterocycles. The first kappa shape index (κ1) is 11.9. The van der Waals surface area contributed by atoms with Crippen LogP contribution in [0.4, 0.5) is 0 Å². The van der Waals surface area contributed by atoms with Crippen LogP contribution in [0.25, 0.3) is 32.3 Å². The van der Waals surface area contributed by atoms with Crippen molar-refractivity contribution < 1.29 is 0 Å². The molecule has 0 spiro atoms. The van der Waals surface area contributed by atoms with Crippen LogP contribution in [0.1, 0.15) is 5.69 Å². The molecule has 3 aromatic carbocycles. The van der Waals surface area contributed by atoms with E-state index in [1.54, 1.807) is 0 Å². The number of nitriles is 1. The first-order valence-corrected chi connectivity index (χ1v) is 6.93. The minimum absolute atomic E-state index is 0.344. The molecule has 1 heterocycles. The topological polar surface area (TPSA) is 36.7 Å². The van der Waals surface area contributed by atoms with Gasteiger partial charge in [-0.2, -0.15) is 5.26 Å². The highest BCUT2D eigenvalue weighted by atomic mass is 14.7. The maximum Gasteiger partial charge on any atom is 0.0774 e. The summed E-state index contributed by atoms with van der Waals surface area (Å²) in [7, 11) is 0. The Balaban J connectivity index is 2.27. The van der Waals surface area contributed by atoms with Gasteiger partial charge < -0.3 is 0 Å². The fraction of sp³-hybridized carbons (Fsp3) is 0.0526. The Hall–Kier alpha value is -2.92. The highest BCUT2D eigenvalue weighted by Crippen LogP contribution is 2.34. The SMILES string of the molecule is N#CCc1cc2c3ccccc3c3ccccc3c2cn1. The molecule has 4 rings (SSSR count). The van der Waals surface area contributed by atoms with Crippen LogP contribution >= 0.6 is 0 Å². The zero-order valence-corrected chi connectivity index (χ0v) is 11.4. The van der Waals surface area contributed by atoms with Crippen LogP contribution < -0.4 is 0 Å². The average Bonchev–Trinajstić information content (AvgIpc) is 2.55. The van der Waals surface area contributed by atoms with Crippen molar-refractivity contribution in [3.8, 4) is 6.07 Å². The van der Waals surface area contributed by atoms with E-state index in [0.717, 1.165) is 11.1 Å². The van der Waals surface area contributed by atoms with Gasteiger partial charge in [-0.1, -0.05) is 48.5 Å². The molecule has 4 aromatic rings. The average molecular weight is 268 g/mol. The third-order valence-electron chi connectivity index (χ3n) is 3.95. The van der Waals surface area contributed by atoms with E-state index < -0.39 is 0 Å². The molecule has 0 amide bonds. The largest absolute Gasteiger partial charge is 0.260 e. The van der Waals surface area contributed by atoms with Gasteiger partial charge in [-0.05, 0) is 33.0 Å². The number of hydrogen-bond acceptors (Lipinski definition) is 2. The normalized spacial score (nSPS) is 11.0. The lowest BCUT2D eigenvalue weighted by molar-refractivity contribution is 1.13. The van der Waals surface area contributed by atoms with Crippen LogP contribution in [0.3, 0.4) is 0 Å². The molecule has 0 aliphatic heterocycles. The predicted octanol–water partition coefficient (Wildman–Crippen LogP) is 4.61. The van der Waals surface area contributed by atoms with Crippen molar-refractivity contribution in [1.82, 2.24) is 4.98 Å². The fourth-order valence-corrected chi connectivity index (χ4v) is 3.02. The first-order valence-electron chi connectivity index (χ1n) is 6.93. The van der Waals surface area contributed by atoms with Gasteiger partial charge in [-0.15, -0.1) is 0 Å². The van der Waals surface area contributed by atoms with E-state index >= 15 is 0 Å². The van der Waals surface area contributed by atoms with Crippen LogP contribution in [0.15, 0.2) is 60.8 Å². The third-order valence-corrected chi connectivity index (χ3v) is 3.95. The van der Waals surface area contributed by atoms with Crippen molar-refractivity contribution in [2.45, 2.75) is 6.42 Å². The monoisotopic (exact) mass is 268 g/mol. The molecule has 0 aliphatic carbocycles. The van der Waals surface area contributed by atoms with Gasteiger partial charge in [-0.3, -0.25) is 4.98 Å². The Labute approximate surface area is 122 Å². The number of rotatable bonds is 1. The summed E-state index contributed by atoms with van der Waals surface area (Å²) in [5.41, 5.74) is 0.824. The molecule has 2 nitrogen and oxygen atoms in total. The van der Waals surface area contributed by atoms with Gasteiger partial charge >= 0.3 is 0 Å². The Morgan fingerprint density at radius 1 is 0.762 bits per heavy atom. The van der Waals surface area contributed by atoms with Gasteiger partial charge in [0.25, 0.3) is 0 Å². The Morgan fingerprint density at radius 2 is 1.29 bits per heavy atom. The lowest BCUT2D eigenvalue weighted by Gasteiger charge is -2.10. The molecule has 1 aromatic heterocycles. The summed E-state index contributed by atoms with van der Waals surface area (Å²) < 4.78 is 0. The molecular weight excluding hydrogens is 256 g/mol. The molecule has 0 bridgehead atoms. The van der Waals surface area contributed by atoms with Crippen molar-refractivity contribution in [2.75, 3.05) is 0 Å². The zero-order valence-electron chi connectivity index (χ0n) is 11.4.